The Morgan fingerprint density at radius 1 is 1.36 bits per heavy atom. The third-order valence-corrected chi connectivity index (χ3v) is 4.11. The van der Waals surface area contributed by atoms with E-state index < -0.39 is 0 Å². The molecule has 114 valence electrons. The van der Waals surface area contributed by atoms with Crippen LogP contribution in [0.2, 0.25) is 0 Å². The van der Waals surface area contributed by atoms with E-state index in [9.17, 15) is 4.79 Å². The van der Waals surface area contributed by atoms with Crippen LogP contribution in [0.1, 0.15) is 29.0 Å². The van der Waals surface area contributed by atoms with Gasteiger partial charge in [0.25, 0.3) is 5.91 Å². The fraction of sp³-hybridized carbons (Fsp3) is 0.438. The van der Waals surface area contributed by atoms with Crippen LogP contribution in [0.4, 0.5) is 0 Å². The lowest BCUT2D eigenvalue weighted by atomic mass is 10.2. The molecule has 0 unspecified atom stereocenters. The van der Waals surface area contributed by atoms with E-state index in [4.69, 9.17) is 4.74 Å². The van der Waals surface area contributed by atoms with Gasteiger partial charge in [-0.15, -0.1) is 0 Å². The van der Waals surface area contributed by atoms with E-state index in [-0.39, 0.29) is 12.0 Å². The average Bonchev–Trinajstić information content (AvgIpc) is 3.16. The summed E-state index contributed by atoms with van der Waals surface area (Å²) in [4.78, 5) is 16.0. The van der Waals surface area contributed by atoms with E-state index in [1.807, 2.05) is 22.9 Å². The number of pyridine rings is 1. The Balaban J connectivity index is 1.36. The van der Waals surface area contributed by atoms with E-state index in [0.29, 0.717) is 18.2 Å². The molecule has 0 spiro atoms. The molecular formula is C16H18N4O2. The highest BCUT2D eigenvalue weighted by Crippen LogP contribution is 2.27. The highest BCUT2D eigenvalue weighted by molar-refractivity contribution is 5.92. The van der Waals surface area contributed by atoms with E-state index in [1.54, 1.807) is 12.4 Å². The summed E-state index contributed by atoms with van der Waals surface area (Å²) in [7, 11) is 0. The molecule has 1 fully saturated rings. The van der Waals surface area contributed by atoms with Gasteiger partial charge in [-0.2, -0.15) is 5.10 Å². The van der Waals surface area contributed by atoms with Crippen LogP contribution in [0.15, 0.2) is 30.6 Å². The second kappa shape index (κ2) is 5.44. The van der Waals surface area contributed by atoms with Crippen molar-refractivity contribution in [2.24, 2.45) is 5.92 Å². The summed E-state index contributed by atoms with van der Waals surface area (Å²) < 4.78 is 7.78. The smallest absolute Gasteiger partial charge is 0.271 e. The lowest BCUT2D eigenvalue weighted by molar-refractivity contribution is 0.0945. The van der Waals surface area contributed by atoms with Crippen LogP contribution in [0, 0.1) is 5.92 Å². The largest absolute Gasteiger partial charge is 0.488 e. The standard InChI is InChI=1S/C16H18N4O2/c21-16(18-9-11-1-2-11)15-8-12-7-14(10-20(12)19-15)22-13-3-5-17-6-4-13/h3-6,8,11,14H,1-2,7,9-10H2,(H,18,21)/t14-/m0/s1. The molecule has 1 aliphatic heterocycles. The van der Waals surface area contributed by atoms with E-state index in [2.05, 4.69) is 15.4 Å². The Morgan fingerprint density at radius 2 is 2.18 bits per heavy atom. The minimum absolute atomic E-state index is 0.0634. The number of hydrogen-bond acceptors (Lipinski definition) is 4. The maximum Gasteiger partial charge on any atom is 0.271 e. The summed E-state index contributed by atoms with van der Waals surface area (Å²) in [5, 5.41) is 7.34. The lowest BCUT2D eigenvalue weighted by Gasteiger charge is -2.12. The van der Waals surface area contributed by atoms with Crippen molar-refractivity contribution in [2.75, 3.05) is 6.54 Å². The molecular weight excluding hydrogens is 280 g/mol. The normalized spacial score (nSPS) is 19.7. The third kappa shape index (κ3) is 2.81. The van der Waals surface area contributed by atoms with E-state index in [1.165, 1.54) is 12.8 Å². The number of ether oxygens (including phenoxy) is 1. The first-order chi connectivity index (χ1) is 10.8. The van der Waals surface area contributed by atoms with Crippen LogP contribution >= 0.6 is 0 Å². The second-order valence-corrected chi connectivity index (χ2v) is 5.98. The number of fused-ring (bicyclic) bond motifs is 1. The Morgan fingerprint density at radius 3 is 2.91 bits per heavy atom. The monoisotopic (exact) mass is 298 g/mol. The first kappa shape index (κ1) is 13.3. The van der Waals surface area contributed by atoms with Crippen LogP contribution in [0.5, 0.6) is 5.75 Å². The van der Waals surface area contributed by atoms with E-state index >= 15 is 0 Å². The number of carbonyl (C=O) groups is 1. The topological polar surface area (TPSA) is 69.0 Å². The fourth-order valence-corrected chi connectivity index (χ4v) is 2.72. The van der Waals surface area contributed by atoms with Crippen molar-refractivity contribution in [3.8, 4) is 5.75 Å². The van der Waals surface area contributed by atoms with Gasteiger partial charge in [0.05, 0.1) is 6.54 Å². The van der Waals surface area contributed by atoms with Crippen LogP contribution < -0.4 is 10.1 Å². The highest BCUT2D eigenvalue weighted by Gasteiger charge is 2.27. The molecule has 0 aromatic carbocycles. The maximum atomic E-state index is 12.0. The van der Waals surface area contributed by atoms with Crippen molar-refractivity contribution in [1.29, 1.82) is 0 Å². The number of carbonyl (C=O) groups excluding carboxylic acids is 1. The third-order valence-electron chi connectivity index (χ3n) is 4.11. The molecule has 3 heterocycles. The van der Waals surface area contributed by atoms with Crippen molar-refractivity contribution in [3.63, 3.8) is 0 Å². The highest BCUT2D eigenvalue weighted by atomic mass is 16.5. The van der Waals surface area contributed by atoms with Crippen LogP contribution in [0.3, 0.4) is 0 Å². The van der Waals surface area contributed by atoms with Crippen molar-refractivity contribution in [3.05, 3.63) is 42.0 Å². The molecule has 6 heteroatoms. The Hall–Kier alpha value is -2.37. The number of nitrogens with one attached hydrogen (secondary N) is 1. The fourth-order valence-electron chi connectivity index (χ4n) is 2.72. The number of hydrogen-bond donors (Lipinski definition) is 1. The summed E-state index contributed by atoms with van der Waals surface area (Å²) in [6.07, 6.45) is 6.72. The van der Waals surface area contributed by atoms with Gasteiger partial charge >= 0.3 is 0 Å². The van der Waals surface area contributed by atoms with Crippen molar-refractivity contribution >= 4 is 5.91 Å². The maximum absolute atomic E-state index is 12.0. The van der Waals surface area contributed by atoms with Crippen molar-refractivity contribution in [2.45, 2.75) is 31.9 Å². The summed E-state index contributed by atoms with van der Waals surface area (Å²) in [5.41, 5.74) is 1.56. The van der Waals surface area contributed by atoms with Gasteiger partial charge in [-0.3, -0.25) is 14.5 Å². The summed E-state index contributed by atoms with van der Waals surface area (Å²) in [5.74, 6) is 1.42. The van der Waals surface area contributed by atoms with Gasteiger partial charge in [-0.25, -0.2) is 0 Å². The molecule has 0 radical (unpaired) electrons. The molecule has 0 bridgehead atoms. The van der Waals surface area contributed by atoms with Crippen LogP contribution in [-0.4, -0.2) is 33.3 Å². The molecule has 2 aromatic rings. The van der Waals surface area contributed by atoms with Gasteiger partial charge < -0.3 is 10.1 Å². The Labute approximate surface area is 128 Å². The lowest BCUT2D eigenvalue weighted by Crippen LogP contribution is -2.26. The minimum Gasteiger partial charge on any atom is -0.488 e. The molecule has 2 aliphatic rings. The second-order valence-electron chi connectivity index (χ2n) is 5.98. The SMILES string of the molecule is O=C(NCC1CC1)c1cc2n(n1)C[C@@H](Oc1ccncc1)C2. The molecule has 6 nitrogen and oxygen atoms in total. The Kier molecular flexibility index (Phi) is 3.29. The molecule has 22 heavy (non-hydrogen) atoms. The quantitative estimate of drug-likeness (QED) is 0.906. The molecule has 4 rings (SSSR count). The first-order valence-electron chi connectivity index (χ1n) is 7.69. The van der Waals surface area contributed by atoms with Crippen molar-refractivity contribution in [1.82, 2.24) is 20.1 Å². The summed E-state index contributed by atoms with van der Waals surface area (Å²) >= 11 is 0. The Bertz CT molecular complexity index is 655. The molecule has 1 atom stereocenters. The van der Waals surface area contributed by atoms with Gasteiger partial charge in [-0.1, -0.05) is 0 Å². The molecule has 1 amide bonds. The van der Waals surface area contributed by atoms with Gasteiger partial charge in [0.15, 0.2) is 0 Å². The zero-order valence-electron chi connectivity index (χ0n) is 12.2. The molecule has 1 N–H and O–H groups in total. The summed E-state index contributed by atoms with van der Waals surface area (Å²) in [6, 6.07) is 5.56. The van der Waals surface area contributed by atoms with Crippen molar-refractivity contribution < 1.29 is 9.53 Å². The van der Waals surface area contributed by atoms with Gasteiger partial charge in [0.1, 0.15) is 17.5 Å². The van der Waals surface area contributed by atoms with Crippen LogP contribution in [0.25, 0.3) is 0 Å². The minimum atomic E-state index is -0.0691. The van der Waals surface area contributed by atoms with E-state index in [0.717, 1.165) is 24.4 Å². The first-order valence-corrected chi connectivity index (χ1v) is 7.69. The summed E-state index contributed by atoms with van der Waals surface area (Å²) in [6.45, 7) is 1.45. The van der Waals surface area contributed by atoms with Gasteiger partial charge in [0, 0.05) is 31.1 Å². The number of amides is 1. The predicted molar refractivity (Wildman–Crippen MR) is 79.6 cm³/mol. The predicted octanol–water partition coefficient (Wildman–Crippen LogP) is 1.42. The number of nitrogens with zero attached hydrogens (tertiary/aromatic N) is 3. The van der Waals surface area contributed by atoms with Gasteiger partial charge in [-0.05, 0) is 37.0 Å². The molecule has 2 aromatic heterocycles. The average molecular weight is 298 g/mol. The molecule has 0 saturated heterocycles. The molecule has 1 aliphatic carbocycles. The van der Waals surface area contributed by atoms with Gasteiger partial charge in [0.2, 0.25) is 0 Å². The zero-order chi connectivity index (χ0) is 14.9. The number of aromatic nitrogens is 3. The zero-order valence-corrected chi connectivity index (χ0v) is 12.2. The molecule has 1 saturated carbocycles. The number of rotatable bonds is 5. The van der Waals surface area contributed by atoms with Crippen LogP contribution in [-0.2, 0) is 13.0 Å².